The minimum atomic E-state index is -0.201. The topological polar surface area (TPSA) is 70.6 Å². The monoisotopic (exact) mass is 267 g/mol. The number of rotatable bonds is 8. The van der Waals surface area contributed by atoms with Crippen molar-refractivity contribution in [3.8, 4) is 0 Å². The van der Waals surface area contributed by atoms with E-state index >= 15 is 0 Å². The lowest BCUT2D eigenvalue weighted by atomic mass is 10.1. The smallest absolute Gasteiger partial charge is 0.139 e. The van der Waals surface area contributed by atoms with Crippen molar-refractivity contribution in [2.24, 2.45) is 10.9 Å². The zero-order valence-corrected chi connectivity index (χ0v) is 11.3. The van der Waals surface area contributed by atoms with Crippen LogP contribution >= 0.6 is 0 Å². The highest BCUT2D eigenvalue weighted by molar-refractivity contribution is 5.79. The fourth-order valence-corrected chi connectivity index (χ4v) is 1.88. The molecule has 1 atom stereocenters. The molecule has 4 nitrogen and oxygen atoms in total. The molecule has 0 saturated heterocycles. The largest absolute Gasteiger partial charge is 0.409 e. The van der Waals surface area contributed by atoms with Gasteiger partial charge in [-0.3, -0.25) is 0 Å². The van der Waals surface area contributed by atoms with Crippen LogP contribution in [0.4, 0.5) is 4.39 Å². The van der Waals surface area contributed by atoms with Crippen molar-refractivity contribution in [2.75, 3.05) is 6.54 Å². The SMILES string of the molecule is CC(Cc1ccc(F)cc1)NCCCCC(N)=NO. The van der Waals surface area contributed by atoms with Gasteiger partial charge in [0.25, 0.3) is 0 Å². The number of nitrogens with zero attached hydrogens (tertiary/aromatic N) is 1. The Morgan fingerprint density at radius 1 is 1.37 bits per heavy atom. The van der Waals surface area contributed by atoms with E-state index in [2.05, 4.69) is 17.4 Å². The first-order valence-corrected chi connectivity index (χ1v) is 6.56. The van der Waals surface area contributed by atoms with Crippen LogP contribution in [0.25, 0.3) is 0 Å². The first-order valence-electron chi connectivity index (χ1n) is 6.56. The molecule has 1 unspecified atom stereocenters. The Kier molecular flexibility index (Phi) is 6.89. The van der Waals surface area contributed by atoms with Crippen LogP contribution in [0.3, 0.4) is 0 Å². The van der Waals surface area contributed by atoms with Gasteiger partial charge in [0.05, 0.1) is 0 Å². The van der Waals surface area contributed by atoms with E-state index in [0.29, 0.717) is 12.5 Å². The van der Waals surface area contributed by atoms with Crippen LogP contribution in [0.1, 0.15) is 31.7 Å². The number of nitrogens with two attached hydrogens (primary N) is 1. The summed E-state index contributed by atoms with van der Waals surface area (Å²) in [5, 5.41) is 14.7. The van der Waals surface area contributed by atoms with Gasteiger partial charge in [0.1, 0.15) is 11.7 Å². The summed E-state index contributed by atoms with van der Waals surface area (Å²) in [6, 6.07) is 6.94. The summed E-state index contributed by atoms with van der Waals surface area (Å²) in [5.41, 5.74) is 6.50. The fourth-order valence-electron chi connectivity index (χ4n) is 1.88. The zero-order chi connectivity index (χ0) is 14.1. The highest BCUT2D eigenvalue weighted by Gasteiger charge is 2.03. The molecule has 1 rings (SSSR count). The molecule has 1 aromatic carbocycles. The van der Waals surface area contributed by atoms with Crippen molar-refractivity contribution >= 4 is 5.84 Å². The third-order valence-electron chi connectivity index (χ3n) is 2.94. The standard InChI is InChI=1S/C14H22FN3O/c1-11(10-12-5-7-13(15)8-6-12)17-9-3-2-4-14(16)18-19/h5-8,11,17,19H,2-4,9-10H2,1H3,(H2,16,18). The lowest BCUT2D eigenvalue weighted by Crippen LogP contribution is -2.29. The first kappa shape index (κ1) is 15.4. The molecule has 0 fully saturated rings. The third kappa shape index (κ3) is 6.76. The van der Waals surface area contributed by atoms with Crippen LogP contribution in [0.15, 0.2) is 29.4 Å². The Morgan fingerprint density at radius 3 is 2.68 bits per heavy atom. The van der Waals surface area contributed by atoms with Gasteiger partial charge in [-0.25, -0.2) is 4.39 Å². The number of amidine groups is 1. The highest BCUT2D eigenvalue weighted by atomic mass is 19.1. The predicted octanol–water partition coefficient (Wildman–Crippen LogP) is 2.26. The van der Waals surface area contributed by atoms with E-state index in [1.165, 1.54) is 12.1 Å². The summed E-state index contributed by atoms with van der Waals surface area (Å²) in [6.07, 6.45) is 3.36. The molecule has 19 heavy (non-hydrogen) atoms. The van der Waals surface area contributed by atoms with E-state index in [1.54, 1.807) is 0 Å². The van der Waals surface area contributed by atoms with Crippen LogP contribution < -0.4 is 11.1 Å². The van der Waals surface area contributed by atoms with E-state index in [4.69, 9.17) is 10.9 Å². The summed E-state index contributed by atoms with van der Waals surface area (Å²) >= 11 is 0. The second kappa shape index (κ2) is 8.48. The molecule has 0 spiro atoms. The van der Waals surface area contributed by atoms with Crippen molar-refractivity contribution in [2.45, 2.75) is 38.6 Å². The highest BCUT2D eigenvalue weighted by Crippen LogP contribution is 2.05. The van der Waals surface area contributed by atoms with E-state index in [9.17, 15) is 4.39 Å². The molecular weight excluding hydrogens is 245 g/mol. The molecule has 4 N–H and O–H groups in total. The van der Waals surface area contributed by atoms with Crippen LogP contribution in [0, 0.1) is 5.82 Å². The van der Waals surface area contributed by atoms with Gasteiger partial charge in [-0.15, -0.1) is 0 Å². The molecule has 5 heteroatoms. The number of unbranched alkanes of at least 4 members (excludes halogenated alkanes) is 1. The quantitative estimate of drug-likeness (QED) is 0.222. The maximum Gasteiger partial charge on any atom is 0.139 e. The normalized spacial score (nSPS) is 13.5. The van der Waals surface area contributed by atoms with Gasteiger partial charge < -0.3 is 16.3 Å². The van der Waals surface area contributed by atoms with Crippen molar-refractivity contribution in [3.05, 3.63) is 35.6 Å². The second-order valence-corrected chi connectivity index (χ2v) is 4.73. The lowest BCUT2D eigenvalue weighted by molar-refractivity contribution is 0.316. The van der Waals surface area contributed by atoms with Crippen molar-refractivity contribution < 1.29 is 9.60 Å². The Hall–Kier alpha value is -1.62. The maximum atomic E-state index is 12.8. The lowest BCUT2D eigenvalue weighted by Gasteiger charge is -2.13. The van der Waals surface area contributed by atoms with Gasteiger partial charge in [-0.05, 0) is 50.4 Å². The zero-order valence-electron chi connectivity index (χ0n) is 11.3. The van der Waals surface area contributed by atoms with E-state index in [1.807, 2.05) is 12.1 Å². The van der Waals surface area contributed by atoms with Crippen molar-refractivity contribution in [1.82, 2.24) is 5.32 Å². The maximum absolute atomic E-state index is 12.8. The number of halogens is 1. The Bertz CT molecular complexity index is 392. The summed E-state index contributed by atoms with van der Waals surface area (Å²) in [5.74, 6) is 0.0758. The molecule has 0 aliphatic heterocycles. The molecule has 0 aliphatic carbocycles. The third-order valence-corrected chi connectivity index (χ3v) is 2.94. The number of hydrogen-bond donors (Lipinski definition) is 3. The minimum Gasteiger partial charge on any atom is -0.409 e. The molecule has 106 valence electrons. The number of benzene rings is 1. The molecule has 0 aromatic heterocycles. The molecule has 0 heterocycles. The predicted molar refractivity (Wildman–Crippen MR) is 74.8 cm³/mol. The summed E-state index contributed by atoms with van der Waals surface area (Å²) in [6.45, 7) is 2.99. The number of nitrogens with one attached hydrogen (secondary N) is 1. The van der Waals surface area contributed by atoms with Crippen molar-refractivity contribution in [1.29, 1.82) is 0 Å². The Balaban J connectivity index is 2.14. The molecule has 1 aromatic rings. The van der Waals surface area contributed by atoms with Gasteiger partial charge in [0, 0.05) is 12.5 Å². The van der Waals surface area contributed by atoms with Gasteiger partial charge in [0.2, 0.25) is 0 Å². The van der Waals surface area contributed by atoms with Gasteiger partial charge in [0.15, 0.2) is 0 Å². The summed E-state index contributed by atoms with van der Waals surface area (Å²) < 4.78 is 12.8. The van der Waals surface area contributed by atoms with Gasteiger partial charge in [-0.2, -0.15) is 0 Å². The summed E-state index contributed by atoms with van der Waals surface area (Å²) in [4.78, 5) is 0. The first-order chi connectivity index (χ1) is 9.11. The van der Waals surface area contributed by atoms with Gasteiger partial charge in [-0.1, -0.05) is 17.3 Å². The fraction of sp³-hybridized carbons (Fsp3) is 0.500. The van der Waals surface area contributed by atoms with Crippen LogP contribution in [0.5, 0.6) is 0 Å². The average molecular weight is 267 g/mol. The number of oxime groups is 1. The number of hydrogen-bond acceptors (Lipinski definition) is 3. The van der Waals surface area contributed by atoms with E-state index in [-0.39, 0.29) is 11.7 Å². The van der Waals surface area contributed by atoms with Gasteiger partial charge >= 0.3 is 0 Å². The van der Waals surface area contributed by atoms with E-state index < -0.39 is 0 Å². The molecule has 0 amide bonds. The minimum absolute atomic E-state index is 0.201. The van der Waals surface area contributed by atoms with Crippen molar-refractivity contribution in [3.63, 3.8) is 0 Å². The molecular formula is C14H22FN3O. The molecule has 0 radical (unpaired) electrons. The Labute approximate surface area is 113 Å². The Morgan fingerprint density at radius 2 is 2.05 bits per heavy atom. The van der Waals surface area contributed by atoms with Crippen LogP contribution in [-0.4, -0.2) is 23.6 Å². The van der Waals surface area contributed by atoms with E-state index in [0.717, 1.165) is 31.4 Å². The molecule has 0 saturated carbocycles. The molecule has 0 bridgehead atoms. The van der Waals surface area contributed by atoms with Crippen LogP contribution in [0.2, 0.25) is 0 Å². The second-order valence-electron chi connectivity index (χ2n) is 4.73. The summed E-state index contributed by atoms with van der Waals surface area (Å²) in [7, 11) is 0. The average Bonchev–Trinajstić information content (AvgIpc) is 2.40. The van der Waals surface area contributed by atoms with Crippen LogP contribution in [-0.2, 0) is 6.42 Å². The molecule has 0 aliphatic rings.